The summed E-state index contributed by atoms with van der Waals surface area (Å²) in [5.41, 5.74) is 1.58. The number of nitrogens with zero attached hydrogens (tertiary/aromatic N) is 1. The van der Waals surface area contributed by atoms with Crippen molar-refractivity contribution in [2.45, 2.75) is 45.9 Å². The van der Waals surface area contributed by atoms with Crippen molar-refractivity contribution in [2.75, 3.05) is 13.2 Å². The van der Waals surface area contributed by atoms with Gasteiger partial charge in [-0.3, -0.25) is 10.1 Å². The molecule has 0 saturated heterocycles. The second-order valence-electron chi connectivity index (χ2n) is 5.47. The highest BCUT2D eigenvalue weighted by Gasteiger charge is 2.15. The van der Waals surface area contributed by atoms with Gasteiger partial charge in [-0.25, -0.2) is 0 Å². The number of hydrogen-bond acceptors (Lipinski definition) is 5. The van der Waals surface area contributed by atoms with E-state index >= 15 is 0 Å². The zero-order valence-electron chi connectivity index (χ0n) is 13.0. The van der Waals surface area contributed by atoms with Crippen LogP contribution in [0.5, 0.6) is 0 Å². The van der Waals surface area contributed by atoms with Gasteiger partial charge in [0.2, 0.25) is 0 Å². The van der Waals surface area contributed by atoms with Crippen LogP contribution in [0.4, 0.5) is 5.69 Å². The molecule has 0 aliphatic rings. The Labute approximate surface area is 125 Å². The van der Waals surface area contributed by atoms with Crippen LogP contribution in [0.2, 0.25) is 0 Å². The van der Waals surface area contributed by atoms with E-state index in [0.717, 1.165) is 5.56 Å². The first-order valence-corrected chi connectivity index (χ1v) is 7.09. The van der Waals surface area contributed by atoms with Gasteiger partial charge in [-0.15, -0.1) is 0 Å². The summed E-state index contributed by atoms with van der Waals surface area (Å²) < 4.78 is 5.33. The normalized spacial score (nSPS) is 14.2. The maximum atomic E-state index is 10.9. The summed E-state index contributed by atoms with van der Waals surface area (Å²) in [6, 6.07) is 5.09. The third-order valence-corrected chi connectivity index (χ3v) is 3.21. The maximum Gasteiger partial charge on any atom is 0.272 e. The van der Waals surface area contributed by atoms with E-state index in [-0.39, 0.29) is 29.4 Å². The Morgan fingerprint density at radius 2 is 2.05 bits per heavy atom. The van der Waals surface area contributed by atoms with E-state index in [4.69, 9.17) is 4.74 Å². The predicted molar refractivity (Wildman–Crippen MR) is 81.3 cm³/mol. The summed E-state index contributed by atoms with van der Waals surface area (Å²) >= 11 is 0. The largest absolute Gasteiger partial charge is 0.389 e. The molecule has 0 amide bonds. The summed E-state index contributed by atoms with van der Waals surface area (Å²) in [6.07, 6.45) is -0.521. The Hall–Kier alpha value is -1.50. The second kappa shape index (κ2) is 8.07. The van der Waals surface area contributed by atoms with E-state index in [1.807, 2.05) is 26.8 Å². The van der Waals surface area contributed by atoms with E-state index in [1.54, 1.807) is 19.1 Å². The molecule has 0 radical (unpaired) electrons. The monoisotopic (exact) mass is 296 g/mol. The molecule has 2 N–H and O–H groups in total. The number of nitrogens with one attached hydrogen (secondary N) is 1. The third kappa shape index (κ3) is 5.79. The van der Waals surface area contributed by atoms with Crippen molar-refractivity contribution in [3.05, 3.63) is 39.4 Å². The predicted octanol–water partition coefficient (Wildman–Crippen LogP) is 2.34. The molecule has 21 heavy (non-hydrogen) atoms. The van der Waals surface area contributed by atoms with Crippen molar-refractivity contribution in [3.8, 4) is 0 Å². The minimum atomic E-state index is -0.602. The Bertz CT molecular complexity index is 477. The molecule has 2 atom stereocenters. The van der Waals surface area contributed by atoms with Crippen LogP contribution in [-0.4, -0.2) is 35.4 Å². The van der Waals surface area contributed by atoms with Gasteiger partial charge in [-0.2, -0.15) is 0 Å². The van der Waals surface area contributed by atoms with E-state index in [0.29, 0.717) is 12.1 Å². The van der Waals surface area contributed by atoms with Crippen LogP contribution in [0.1, 0.15) is 37.9 Å². The SMILES string of the molecule is Cc1ccc(C(C)NCC(O)COC(C)C)cc1[N+](=O)[O-]. The molecule has 0 aliphatic heterocycles. The Balaban J connectivity index is 2.57. The summed E-state index contributed by atoms with van der Waals surface area (Å²) in [4.78, 5) is 10.6. The number of aryl methyl sites for hydroxylation is 1. The summed E-state index contributed by atoms with van der Waals surface area (Å²) in [5.74, 6) is 0. The zero-order chi connectivity index (χ0) is 16.0. The van der Waals surface area contributed by atoms with Gasteiger partial charge in [0.15, 0.2) is 0 Å². The minimum absolute atomic E-state index is 0.0804. The average Bonchev–Trinajstić information content (AvgIpc) is 2.42. The molecule has 6 heteroatoms. The first kappa shape index (κ1) is 17.6. The Morgan fingerprint density at radius 1 is 1.38 bits per heavy atom. The smallest absolute Gasteiger partial charge is 0.272 e. The summed E-state index contributed by atoms with van der Waals surface area (Å²) in [6.45, 7) is 8.08. The van der Waals surface area contributed by atoms with Crippen molar-refractivity contribution >= 4 is 5.69 Å². The number of nitro groups is 1. The van der Waals surface area contributed by atoms with Gasteiger partial charge in [0.1, 0.15) is 0 Å². The summed E-state index contributed by atoms with van der Waals surface area (Å²) in [5, 5.41) is 23.9. The molecule has 0 heterocycles. The van der Waals surface area contributed by atoms with Gasteiger partial charge in [0, 0.05) is 24.2 Å². The van der Waals surface area contributed by atoms with Crippen molar-refractivity contribution in [1.82, 2.24) is 5.32 Å². The van der Waals surface area contributed by atoms with E-state index in [1.165, 1.54) is 0 Å². The number of nitro benzene ring substituents is 1. The molecule has 0 fully saturated rings. The van der Waals surface area contributed by atoms with E-state index in [9.17, 15) is 15.2 Å². The van der Waals surface area contributed by atoms with Crippen molar-refractivity contribution in [2.24, 2.45) is 0 Å². The lowest BCUT2D eigenvalue weighted by atomic mass is 10.0. The second-order valence-corrected chi connectivity index (χ2v) is 5.47. The highest BCUT2D eigenvalue weighted by atomic mass is 16.6. The minimum Gasteiger partial charge on any atom is -0.389 e. The van der Waals surface area contributed by atoms with Crippen LogP contribution >= 0.6 is 0 Å². The topological polar surface area (TPSA) is 84.6 Å². The molecule has 1 aromatic rings. The van der Waals surface area contributed by atoms with Gasteiger partial charge in [0.05, 0.1) is 23.7 Å². The van der Waals surface area contributed by atoms with Gasteiger partial charge in [-0.1, -0.05) is 12.1 Å². The average molecular weight is 296 g/mol. The maximum absolute atomic E-state index is 10.9. The fourth-order valence-corrected chi connectivity index (χ4v) is 1.89. The first-order valence-electron chi connectivity index (χ1n) is 7.09. The highest BCUT2D eigenvalue weighted by Crippen LogP contribution is 2.23. The lowest BCUT2D eigenvalue weighted by Gasteiger charge is -2.18. The van der Waals surface area contributed by atoms with Crippen LogP contribution in [-0.2, 0) is 4.74 Å². The van der Waals surface area contributed by atoms with E-state index < -0.39 is 6.10 Å². The molecule has 1 aromatic carbocycles. The molecule has 0 aromatic heterocycles. The summed E-state index contributed by atoms with van der Waals surface area (Å²) in [7, 11) is 0. The lowest BCUT2D eigenvalue weighted by Crippen LogP contribution is -2.32. The van der Waals surface area contributed by atoms with Crippen molar-refractivity contribution in [3.63, 3.8) is 0 Å². The molecule has 118 valence electrons. The number of ether oxygens (including phenoxy) is 1. The molecular weight excluding hydrogens is 272 g/mol. The number of benzene rings is 1. The Kier molecular flexibility index (Phi) is 6.74. The quantitative estimate of drug-likeness (QED) is 0.568. The van der Waals surface area contributed by atoms with Gasteiger partial charge >= 0.3 is 0 Å². The van der Waals surface area contributed by atoms with E-state index in [2.05, 4.69) is 5.32 Å². The molecule has 6 nitrogen and oxygen atoms in total. The molecule has 0 saturated carbocycles. The molecular formula is C15H24N2O4. The number of rotatable bonds is 8. The van der Waals surface area contributed by atoms with Gasteiger partial charge < -0.3 is 15.2 Å². The van der Waals surface area contributed by atoms with Crippen LogP contribution in [0.25, 0.3) is 0 Å². The van der Waals surface area contributed by atoms with Crippen molar-refractivity contribution in [1.29, 1.82) is 0 Å². The van der Waals surface area contributed by atoms with Gasteiger partial charge in [-0.05, 0) is 33.3 Å². The third-order valence-electron chi connectivity index (χ3n) is 3.21. The molecule has 0 bridgehead atoms. The fraction of sp³-hybridized carbons (Fsp3) is 0.600. The standard InChI is InChI=1S/C15H24N2O4/c1-10(2)21-9-14(18)8-16-12(4)13-6-5-11(3)15(7-13)17(19)20/h5-7,10,12,14,16,18H,8-9H2,1-4H3. The number of aliphatic hydroxyl groups is 1. The molecule has 0 aliphatic carbocycles. The number of aliphatic hydroxyl groups excluding tert-OH is 1. The fourth-order valence-electron chi connectivity index (χ4n) is 1.89. The zero-order valence-corrected chi connectivity index (χ0v) is 13.0. The van der Waals surface area contributed by atoms with Crippen LogP contribution < -0.4 is 5.32 Å². The first-order chi connectivity index (χ1) is 9.81. The van der Waals surface area contributed by atoms with Gasteiger partial charge in [0.25, 0.3) is 5.69 Å². The molecule has 1 rings (SSSR count). The molecule has 0 spiro atoms. The highest BCUT2D eigenvalue weighted by molar-refractivity contribution is 5.43. The van der Waals surface area contributed by atoms with Crippen molar-refractivity contribution < 1.29 is 14.8 Å². The van der Waals surface area contributed by atoms with Crippen LogP contribution in [0.15, 0.2) is 18.2 Å². The number of hydrogen-bond donors (Lipinski definition) is 2. The lowest BCUT2D eigenvalue weighted by molar-refractivity contribution is -0.385. The van der Waals surface area contributed by atoms with Crippen LogP contribution in [0.3, 0.4) is 0 Å². The Morgan fingerprint density at radius 3 is 2.62 bits per heavy atom. The van der Waals surface area contributed by atoms with Crippen LogP contribution in [0, 0.1) is 17.0 Å². The molecule has 2 unspecified atom stereocenters.